The molecule has 0 rings (SSSR count). The quantitative estimate of drug-likeness (QED) is 0.576. The number of hydrogen-bond donors (Lipinski definition) is 1. The van der Waals surface area contributed by atoms with Crippen molar-refractivity contribution in [3.8, 4) is 0 Å². The largest absolute Gasteiger partial charge is 0.396 e. The van der Waals surface area contributed by atoms with Crippen molar-refractivity contribution in [1.29, 1.82) is 0 Å². The summed E-state index contributed by atoms with van der Waals surface area (Å²) < 4.78 is 0. The molecule has 0 aliphatic heterocycles. The predicted molar refractivity (Wildman–Crippen MR) is 36.2 cm³/mol. The van der Waals surface area contributed by atoms with E-state index >= 15 is 0 Å². The zero-order valence-corrected chi connectivity index (χ0v) is 6.05. The lowest BCUT2D eigenvalue weighted by Crippen LogP contribution is -2.18. The molecule has 0 aromatic heterocycles. The topological polar surface area (TPSA) is 37.3 Å². The van der Waals surface area contributed by atoms with Crippen molar-refractivity contribution in [3.63, 3.8) is 0 Å². The third-order valence-electron chi connectivity index (χ3n) is 1.78. The Bertz CT molecular complexity index is 90.9. The van der Waals surface area contributed by atoms with Crippen LogP contribution in [0.1, 0.15) is 26.7 Å². The number of carbonyl (C=O) groups excluding carboxylic acids is 1. The van der Waals surface area contributed by atoms with Crippen molar-refractivity contribution in [1.82, 2.24) is 0 Å². The minimum atomic E-state index is -0.297. The summed E-state index contributed by atoms with van der Waals surface area (Å²) >= 11 is 0. The Labute approximate surface area is 55.9 Å². The van der Waals surface area contributed by atoms with Gasteiger partial charge in [-0.2, -0.15) is 0 Å². The van der Waals surface area contributed by atoms with E-state index in [1.807, 2.05) is 13.8 Å². The highest BCUT2D eigenvalue weighted by atomic mass is 16.3. The zero-order chi connectivity index (χ0) is 7.33. The Morgan fingerprint density at radius 2 is 2.22 bits per heavy atom. The van der Waals surface area contributed by atoms with Gasteiger partial charge in [0, 0.05) is 12.0 Å². The summed E-state index contributed by atoms with van der Waals surface area (Å²) in [6.07, 6.45) is 2.30. The van der Waals surface area contributed by atoms with Crippen LogP contribution in [0.3, 0.4) is 0 Å². The van der Waals surface area contributed by atoms with Gasteiger partial charge in [0.05, 0.1) is 0 Å². The Balaban J connectivity index is 3.76. The first-order valence-corrected chi connectivity index (χ1v) is 3.25. The number of hydrogen-bond acceptors (Lipinski definition) is 2. The van der Waals surface area contributed by atoms with Gasteiger partial charge in [-0.3, -0.25) is 0 Å². The van der Waals surface area contributed by atoms with Crippen LogP contribution in [0.2, 0.25) is 0 Å². The molecule has 0 fully saturated rings. The van der Waals surface area contributed by atoms with E-state index in [9.17, 15) is 4.79 Å². The van der Waals surface area contributed by atoms with Gasteiger partial charge in [-0.15, -0.1) is 0 Å². The molecule has 2 nitrogen and oxygen atoms in total. The zero-order valence-electron chi connectivity index (χ0n) is 6.05. The lowest BCUT2D eigenvalue weighted by Gasteiger charge is -2.18. The molecule has 9 heavy (non-hydrogen) atoms. The normalized spacial score (nSPS) is 16.8. The molecule has 0 heterocycles. The highest BCUT2D eigenvalue weighted by Gasteiger charge is 2.19. The van der Waals surface area contributed by atoms with Crippen molar-refractivity contribution in [2.45, 2.75) is 26.7 Å². The summed E-state index contributed by atoms with van der Waals surface area (Å²) in [5, 5.41) is 8.51. The molecule has 0 spiro atoms. The van der Waals surface area contributed by atoms with Gasteiger partial charge < -0.3 is 9.90 Å². The second-order valence-electron chi connectivity index (χ2n) is 2.60. The van der Waals surface area contributed by atoms with Gasteiger partial charge in [0.25, 0.3) is 0 Å². The summed E-state index contributed by atoms with van der Waals surface area (Å²) in [6.45, 7) is 3.91. The molecule has 0 radical (unpaired) electrons. The summed E-state index contributed by atoms with van der Waals surface area (Å²) in [6, 6.07) is 0. The van der Waals surface area contributed by atoms with Crippen LogP contribution in [0.4, 0.5) is 0 Å². The van der Waals surface area contributed by atoms with Crippen LogP contribution in [0.5, 0.6) is 0 Å². The van der Waals surface area contributed by atoms with Crippen molar-refractivity contribution >= 4 is 6.29 Å². The van der Waals surface area contributed by atoms with Gasteiger partial charge in [-0.1, -0.05) is 13.8 Å². The molecule has 54 valence electrons. The first kappa shape index (κ1) is 8.63. The lowest BCUT2D eigenvalue weighted by atomic mass is 9.86. The molecule has 0 amide bonds. The molecule has 0 aliphatic carbocycles. The maximum Gasteiger partial charge on any atom is 0.125 e. The maximum absolute atomic E-state index is 10.3. The smallest absolute Gasteiger partial charge is 0.125 e. The van der Waals surface area contributed by atoms with E-state index < -0.39 is 0 Å². The Morgan fingerprint density at radius 1 is 1.67 bits per heavy atom. The van der Waals surface area contributed by atoms with Crippen molar-refractivity contribution in [2.75, 3.05) is 6.61 Å². The summed E-state index contributed by atoms with van der Waals surface area (Å²) in [5.41, 5.74) is -0.297. The fourth-order valence-electron chi connectivity index (χ4n) is 0.574. The number of aldehydes is 1. The minimum absolute atomic E-state index is 0.100. The highest BCUT2D eigenvalue weighted by Crippen LogP contribution is 2.21. The molecule has 0 bridgehead atoms. The van der Waals surface area contributed by atoms with Crippen LogP contribution in [0, 0.1) is 5.41 Å². The van der Waals surface area contributed by atoms with E-state index in [-0.39, 0.29) is 12.0 Å². The Kier molecular flexibility index (Phi) is 3.47. The number of rotatable bonds is 4. The van der Waals surface area contributed by atoms with Crippen LogP contribution in [0.25, 0.3) is 0 Å². The Hall–Kier alpha value is -0.370. The van der Waals surface area contributed by atoms with Gasteiger partial charge in [0.2, 0.25) is 0 Å². The van der Waals surface area contributed by atoms with Crippen LogP contribution >= 0.6 is 0 Å². The molecule has 0 saturated heterocycles. The van der Waals surface area contributed by atoms with E-state index in [0.29, 0.717) is 6.42 Å². The third-order valence-corrected chi connectivity index (χ3v) is 1.78. The minimum Gasteiger partial charge on any atom is -0.396 e. The lowest BCUT2D eigenvalue weighted by molar-refractivity contribution is -0.116. The molecule has 1 unspecified atom stereocenters. The molecular formula is C7H14O2. The number of aliphatic hydroxyl groups excluding tert-OH is 1. The van der Waals surface area contributed by atoms with Crippen LogP contribution in [-0.2, 0) is 4.79 Å². The van der Waals surface area contributed by atoms with Crippen LogP contribution in [0.15, 0.2) is 0 Å². The van der Waals surface area contributed by atoms with Crippen LogP contribution in [-0.4, -0.2) is 18.0 Å². The number of carbonyl (C=O) groups is 1. The van der Waals surface area contributed by atoms with Gasteiger partial charge in [-0.25, -0.2) is 0 Å². The van der Waals surface area contributed by atoms with Gasteiger partial charge in [0.1, 0.15) is 6.29 Å². The molecule has 2 heteroatoms. The Morgan fingerprint density at radius 3 is 2.33 bits per heavy atom. The molecule has 0 aromatic carbocycles. The van der Waals surface area contributed by atoms with Gasteiger partial charge in [0.15, 0.2) is 0 Å². The highest BCUT2D eigenvalue weighted by molar-refractivity contribution is 5.58. The summed E-state index contributed by atoms with van der Waals surface area (Å²) in [5.74, 6) is 0. The second kappa shape index (κ2) is 3.62. The summed E-state index contributed by atoms with van der Waals surface area (Å²) in [7, 11) is 0. The van der Waals surface area contributed by atoms with Crippen molar-refractivity contribution < 1.29 is 9.90 Å². The van der Waals surface area contributed by atoms with E-state index in [0.717, 1.165) is 12.7 Å². The molecular weight excluding hydrogens is 116 g/mol. The van der Waals surface area contributed by atoms with Crippen LogP contribution < -0.4 is 0 Å². The average Bonchev–Trinajstić information content (AvgIpc) is 1.89. The van der Waals surface area contributed by atoms with Gasteiger partial charge >= 0.3 is 0 Å². The van der Waals surface area contributed by atoms with Crippen molar-refractivity contribution in [2.24, 2.45) is 5.41 Å². The van der Waals surface area contributed by atoms with E-state index in [2.05, 4.69) is 0 Å². The van der Waals surface area contributed by atoms with E-state index in [1.165, 1.54) is 0 Å². The molecule has 0 aromatic rings. The monoisotopic (exact) mass is 130 g/mol. The fourth-order valence-corrected chi connectivity index (χ4v) is 0.574. The molecule has 0 saturated carbocycles. The first-order valence-electron chi connectivity index (χ1n) is 3.25. The van der Waals surface area contributed by atoms with Crippen molar-refractivity contribution in [3.05, 3.63) is 0 Å². The van der Waals surface area contributed by atoms with E-state index in [4.69, 9.17) is 5.11 Å². The SMILES string of the molecule is CCC(C)(C=O)CCO. The average molecular weight is 130 g/mol. The predicted octanol–water partition coefficient (Wildman–Crippen LogP) is 0.984. The molecule has 0 aliphatic rings. The second-order valence-corrected chi connectivity index (χ2v) is 2.60. The first-order chi connectivity index (χ1) is 4.18. The fraction of sp³-hybridized carbons (Fsp3) is 0.857. The standard InChI is InChI=1S/C7H14O2/c1-3-7(2,6-9)4-5-8/h6,8H,3-5H2,1-2H3. The summed E-state index contributed by atoms with van der Waals surface area (Å²) in [4.78, 5) is 10.3. The van der Waals surface area contributed by atoms with Gasteiger partial charge in [-0.05, 0) is 12.8 Å². The van der Waals surface area contributed by atoms with E-state index in [1.54, 1.807) is 0 Å². The molecule has 1 N–H and O–H groups in total. The molecule has 1 atom stereocenters. The number of aliphatic hydroxyl groups is 1. The maximum atomic E-state index is 10.3. The third kappa shape index (κ3) is 2.61.